The van der Waals surface area contributed by atoms with Crippen LogP contribution in [-0.2, 0) is 74.9 Å². The maximum Gasteiger partial charge on any atom is 0.351 e. The number of esters is 3. The van der Waals surface area contributed by atoms with E-state index in [9.17, 15) is 52.3 Å². The minimum Gasteiger partial charge on any atom is -0.462 e. The molecule has 578 valence electrons. The van der Waals surface area contributed by atoms with E-state index in [0.29, 0.717) is 12.8 Å². The Labute approximate surface area is 589 Å². The van der Waals surface area contributed by atoms with E-state index >= 15 is 13.2 Å². The van der Waals surface area contributed by atoms with Crippen LogP contribution in [0, 0.1) is 16.2 Å². The van der Waals surface area contributed by atoms with Crippen molar-refractivity contribution in [2.24, 2.45) is 37.7 Å². The second-order valence-electron chi connectivity index (χ2n) is 26.1. The molecular formula is C63H109F4N12O19P3. The number of nitrogens with zero attached hydrogens (tertiary/aromatic N) is 6. The van der Waals surface area contributed by atoms with Gasteiger partial charge < -0.3 is 78.8 Å². The number of hydrogen-bond donors (Lipinski definition) is 8. The van der Waals surface area contributed by atoms with Crippen LogP contribution in [0.5, 0.6) is 0 Å². The first-order valence-electron chi connectivity index (χ1n) is 32.0. The Balaban J connectivity index is 0.000000512. The fourth-order valence-corrected chi connectivity index (χ4v) is 14.2. The highest BCUT2D eigenvalue weighted by Gasteiger charge is 2.59. The zero-order valence-corrected chi connectivity index (χ0v) is 61.8. The summed E-state index contributed by atoms with van der Waals surface area (Å²) in [6.45, 7) is 32.1. The summed E-state index contributed by atoms with van der Waals surface area (Å²) in [5.74, 6) is -2.82. The minimum absolute atomic E-state index is 0. The summed E-state index contributed by atoms with van der Waals surface area (Å²) in [6, 6.07) is -1.34. The van der Waals surface area contributed by atoms with Crippen molar-refractivity contribution >= 4 is 63.9 Å². The first-order valence-corrected chi connectivity index (χ1v) is 38.3. The lowest BCUT2D eigenvalue weighted by Gasteiger charge is -2.32. The van der Waals surface area contributed by atoms with Gasteiger partial charge in [0.05, 0.1) is 80.5 Å². The third-order valence-electron chi connectivity index (χ3n) is 16.4. The number of anilines is 1. The Hall–Kier alpha value is -5.77. The predicted octanol–water partition coefficient (Wildman–Crippen LogP) is 7.92. The standard InChI is InChI=1S/C22H36FN4O8P.C20H34FN4O5P.C19H31F2N4O6P.2CH4/c1-7-8-17(29)24-16-9-10-27(21(31)25-16)19-18(23)22(5,12-28)15(35-19)11-33-36(6,32)26-14(4)20(30)34-13(2)3;1-8-20(6)15(11-28-31(7,27)24-13(4)19(26)29-12(2)3)30-18(17(20)21)25-10-9-16(22)23-14(25)5;1-10(2)30-18(27)11(3)24-32(6,28)29-8-14-19(5,9-26)15(21)17(31-14)25-7-13(20)16(22)23-12(25)4;;/h9-10,13-15,18-19,28H,7-8,11-12H2,1-6H3,(H,26,32)(H,24,25,29,31);9-10,12-13,15,17-18H,5,8,11H2,1-4,6-7H3,(H2,22,23)(H,24,27);7,10-11,14-15,17,26H,4,8-9H2,1-3,5-6H3,(H2,22,23)(H,24,28);2*1H4/t14-,15+,18-,19+,22?,36?;13-,15+,17-,18+,20?,31?;11-,14+,15-,17+,19?,32?;;/m000../s1. The van der Waals surface area contributed by atoms with Crippen molar-refractivity contribution in [2.75, 3.05) is 58.3 Å². The number of nitrogens with two attached hydrogens (primary N) is 2. The molecule has 0 saturated carbocycles. The number of aromatic nitrogens is 2. The van der Waals surface area contributed by atoms with Gasteiger partial charge in [-0.2, -0.15) is 4.98 Å². The molecule has 0 spiro atoms. The Kier molecular flexibility index (Phi) is 34.6. The Morgan fingerprint density at radius 3 is 1.41 bits per heavy atom. The van der Waals surface area contributed by atoms with E-state index in [1.54, 1.807) is 67.7 Å². The molecule has 0 radical (unpaired) electrons. The van der Waals surface area contributed by atoms with Gasteiger partial charge in [-0.1, -0.05) is 62.6 Å². The maximum atomic E-state index is 15.5. The molecule has 6 heterocycles. The Bertz CT molecular complexity index is 3370. The van der Waals surface area contributed by atoms with Crippen molar-refractivity contribution in [3.8, 4) is 0 Å². The highest BCUT2D eigenvalue weighted by molar-refractivity contribution is 7.56. The Morgan fingerprint density at radius 2 is 1.03 bits per heavy atom. The minimum atomic E-state index is -3.57. The highest BCUT2D eigenvalue weighted by Crippen LogP contribution is 2.51. The van der Waals surface area contributed by atoms with Crippen molar-refractivity contribution < 1.29 is 103 Å². The number of alkyl halides is 3. The lowest BCUT2D eigenvalue weighted by molar-refractivity contribution is -0.149. The molecule has 0 aromatic carbocycles. The first-order chi connectivity index (χ1) is 45.7. The average Bonchev–Trinajstić information content (AvgIpc) is 1.63. The number of halogens is 4. The van der Waals surface area contributed by atoms with Crippen molar-refractivity contribution in [1.82, 2.24) is 34.6 Å². The Morgan fingerprint density at radius 1 is 0.653 bits per heavy atom. The number of aliphatic hydroxyl groups excluding tert-OH is 2. The number of amides is 1. The van der Waals surface area contributed by atoms with Crippen LogP contribution < -0.4 is 37.7 Å². The van der Waals surface area contributed by atoms with Crippen LogP contribution in [-0.4, -0.2) is 204 Å². The fraction of sp³-hybridized carbons (Fsp3) is 0.714. The van der Waals surface area contributed by atoms with Gasteiger partial charge in [-0.15, -0.1) is 0 Å². The summed E-state index contributed by atoms with van der Waals surface area (Å²) in [5, 5.41) is 30.1. The molecule has 0 aliphatic carbocycles. The lowest BCUT2D eigenvalue weighted by atomic mass is 9.79. The molecule has 31 nitrogen and oxygen atoms in total. The zero-order chi connectivity index (χ0) is 75.2. The largest absolute Gasteiger partial charge is 0.462 e. The summed E-state index contributed by atoms with van der Waals surface area (Å²) in [6.07, 6.45) is -6.04. The SMILES string of the molecule is C.C.C=C1N=C(N)C(F)=CN1[C@@H]1O[C@H](COP(C)(=O)N[C@@H](C)C(=O)OC(C)C)C(C)(CO)[C@H]1F.C=C1N=C(N)C=CN1[C@@H]1O[C@H](COP(C)(=O)N[C@@H](C)C(=O)OC(C)C)C(C)(CC)[C@H]1F.CCCC(=O)Nc1ccn([C@@H]2O[C@H](COP(C)(=O)N[C@@H](C)C(=O)OC(C)C)C(C)(CO)[C@H]2F)c(=O)n1. The van der Waals surface area contributed by atoms with E-state index in [4.69, 9.17) is 53.5 Å². The van der Waals surface area contributed by atoms with Crippen LogP contribution in [0.1, 0.15) is 137 Å². The highest BCUT2D eigenvalue weighted by atomic mass is 31.2. The van der Waals surface area contributed by atoms with E-state index in [1.807, 2.05) is 13.8 Å². The van der Waals surface area contributed by atoms with Gasteiger partial charge in [0.25, 0.3) is 22.6 Å². The third kappa shape index (κ3) is 24.4. The molecule has 101 heavy (non-hydrogen) atoms. The summed E-state index contributed by atoms with van der Waals surface area (Å²) in [4.78, 5) is 74.3. The molecule has 18 atom stereocenters. The monoisotopic (exact) mass is 1510 g/mol. The number of amidine groups is 2. The van der Waals surface area contributed by atoms with E-state index < -0.39 is 168 Å². The van der Waals surface area contributed by atoms with Crippen LogP contribution in [0.2, 0.25) is 0 Å². The number of aliphatic hydroxyl groups is 2. The van der Waals surface area contributed by atoms with Crippen LogP contribution in [0.3, 0.4) is 0 Å². The van der Waals surface area contributed by atoms with Gasteiger partial charge in [0.1, 0.15) is 41.4 Å². The molecule has 3 fully saturated rings. The summed E-state index contributed by atoms with van der Waals surface area (Å²) < 4.78 is 149. The van der Waals surface area contributed by atoms with Crippen LogP contribution in [0.25, 0.3) is 0 Å². The van der Waals surface area contributed by atoms with Crippen molar-refractivity contribution in [1.29, 1.82) is 0 Å². The molecule has 1 aromatic heterocycles. The van der Waals surface area contributed by atoms with E-state index in [0.717, 1.165) is 15.7 Å². The normalized spacial score (nSPS) is 29.0. The summed E-state index contributed by atoms with van der Waals surface area (Å²) in [7, 11) is -10.5. The van der Waals surface area contributed by atoms with Crippen molar-refractivity contribution in [2.45, 2.75) is 223 Å². The number of nitrogens with one attached hydrogen (secondary N) is 4. The van der Waals surface area contributed by atoms with Gasteiger partial charge >= 0.3 is 23.6 Å². The number of aliphatic imine (C=N–C) groups is 2. The van der Waals surface area contributed by atoms with Gasteiger partial charge in [-0.25, -0.2) is 47.6 Å². The van der Waals surface area contributed by atoms with Crippen LogP contribution in [0.15, 0.2) is 76.1 Å². The van der Waals surface area contributed by atoms with E-state index in [-0.39, 0.29) is 82.0 Å². The van der Waals surface area contributed by atoms with Gasteiger partial charge in [0, 0.05) is 50.4 Å². The second kappa shape index (κ2) is 38.3. The average molecular weight is 1510 g/mol. The molecule has 3 saturated heterocycles. The molecule has 6 unspecified atom stereocenters. The number of rotatable bonds is 30. The lowest BCUT2D eigenvalue weighted by Crippen LogP contribution is -2.44. The third-order valence-corrected chi connectivity index (χ3v) is 20.9. The fourth-order valence-electron chi connectivity index (χ4n) is 10.3. The number of carbonyl (C=O) groups is 4. The summed E-state index contributed by atoms with van der Waals surface area (Å²) in [5.41, 5.74) is 6.34. The quantitative estimate of drug-likeness (QED) is 0.0157. The van der Waals surface area contributed by atoms with Crippen LogP contribution >= 0.6 is 22.6 Å². The smallest absolute Gasteiger partial charge is 0.351 e. The number of ether oxygens (including phenoxy) is 6. The molecule has 38 heteroatoms. The molecule has 1 aromatic rings. The molecular weight excluding hydrogens is 1400 g/mol. The van der Waals surface area contributed by atoms with E-state index in [1.165, 1.54) is 64.9 Å². The second-order valence-corrected chi connectivity index (χ2v) is 32.8. The van der Waals surface area contributed by atoms with Gasteiger partial charge in [0.15, 0.2) is 48.9 Å². The molecule has 0 bridgehead atoms. The number of carbonyl (C=O) groups excluding carboxylic acids is 4. The molecule has 5 aliphatic heterocycles. The number of hydrogen-bond acceptors (Lipinski definition) is 26. The van der Waals surface area contributed by atoms with E-state index in [2.05, 4.69) is 48.7 Å². The van der Waals surface area contributed by atoms with Crippen molar-refractivity contribution in [3.63, 3.8) is 0 Å². The summed E-state index contributed by atoms with van der Waals surface area (Å²) >= 11 is 0. The van der Waals surface area contributed by atoms with Crippen LogP contribution in [0.4, 0.5) is 23.4 Å². The maximum absolute atomic E-state index is 15.5. The van der Waals surface area contributed by atoms with Gasteiger partial charge in [0.2, 0.25) is 5.91 Å². The van der Waals surface area contributed by atoms with Gasteiger partial charge in [-0.3, -0.25) is 37.4 Å². The first kappa shape index (κ1) is 91.3. The topological polar surface area (TPSA) is 409 Å². The molecule has 5 aliphatic rings. The predicted molar refractivity (Wildman–Crippen MR) is 374 cm³/mol. The van der Waals surface area contributed by atoms with Gasteiger partial charge in [-0.05, 0) is 87.3 Å². The van der Waals surface area contributed by atoms with Crippen molar-refractivity contribution in [3.05, 3.63) is 71.9 Å². The zero-order valence-electron chi connectivity index (χ0n) is 59.1. The molecule has 10 N–H and O–H groups in total. The molecule has 6 rings (SSSR count). The molecule has 1 amide bonds.